The van der Waals surface area contributed by atoms with E-state index in [1.54, 1.807) is 43.3 Å². The zero-order valence-electron chi connectivity index (χ0n) is 18.4. The summed E-state index contributed by atoms with van der Waals surface area (Å²) in [5.74, 6) is -0.855. The molecule has 2 amide bonds. The van der Waals surface area contributed by atoms with Crippen LogP contribution in [-0.2, 0) is 26.2 Å². The van der Waals surface area contributed by atoms with Crippen molar-refractivity contribution in [3.63, 3.8) is 0 Å². The lowest BCUT2D eigenvalue weighted by Crippen LogP contribution is -2.52. The normalized spacial score (nSPS) is 12.3. The zero-order chi connectivity index (χ0) is 24.1. The molecule has 0 fully saturated rings. The van der Waals surface area contributed by atoms with Gasteiger partial charge in [-0.05, 0) is 62.7 Å². The van der Waals surface area contributed by atoms with Crippen LogP contribution in [0, 0.1) is 0 Å². The molecule has 0 aromatic heterocycles. The number of nitrogens with zero attached hydrogens (tertiary/aromatic N) is 2. The Morgan fingerprint density at radius 3 is 1.91 bits per heavy atom. The third-order valence-electron chi connectivity index (χ3n) is 4.66. The van der Waals surface area contributed by atoms with E-state index in [1.807, 2.05) is 13.8 Å². The van der Waals surface area contributed by atoms with Gasteiger partial charge in [0, 0.05) is 22.6 Å². The van der Waals surface area contributed by atoms with Crippen molar-refractivity contribution < 1.29 is 18.0 Å². The van der Waals surface area contributed by atoms with Crippen LogP contribution in [0.5, 0.6) is 0 Å². The molecule has 2 aromatic rings. The Kier molecular flexibility index (Phi) is 8.95. The van der Waals surface area contributed by atoms with Crippen molar-refractivity contribution in [2.24, 2.45) is 0 Å². The smallest absolute Gasteiger partial charge is 0.244 e. The minimum absolute atomic E-state index is 0.112. The van der Waals surface area contributed by atoms with Crippen molar-refractivity contribution in [1.82, 2.24) is 10.2 Å². The average molecular weight is 500 g/mol. The number of nitrogens with one attached hydrogen (secondary N) is 1. The SMILES string of the molecule is CC(C)NC(=O)C(C)N(Cc1ccc(Cl)cc1)C(=O)CN(c1ccc(Cl)cc1)S(C)(=O)=O. The third kappa shape index (κ3) is 7.39. The van der Waals surface area contributed by atoms with Crippen LogP contribution in [-0.4, -0.2) is 50.0 Å². The Balaban J connectivity index is 2.36. The standard InChI is InChI=1S/C22H27Cl2N3O4S/c1-15(2)25-22(29)16(3)26(13-17-5-7-18(23)8-6-17)21(28)14-27(32(4,30)31)20-11-9-19(24)10-12-20/h5-12,15-16H,13-14H2,1-4H3,(H,25,29). The molecule has 0 aliphatic carbocycles. The molecular formula is C22H27Cl2N3O4S. The van der Waals surface area contributed by atoms with Gasteiger partial charge in [0.1, 0.15) is 12.6 Å². The molecule has 0 saturated carbocycles. The van der Waals surface area contributed by atoms with E-state index in [9.17, 15) is 18.0 Å². The van der Waals surface area contributed by atoms with Crippen molar-refractivity contribution in [3.05, 3.63) is 64.1 Å². The summed E-state index contributed by atoms with van der Waals surface area (Å²) >= 11 is 11.9. The fourth-order valence-corrected chi connectivity index (χ4v) is 4.10. The van der Waals surface area contributed by atoms with E-state index in [0.717, 1.165) is 16.1 Å². The van der Waals surface area contributed by atoms with Gasteiger partial charge >= 0.3 is 0 Å². The fraction of sp³-hybridized carbons (Fsp3) is 0.364. The lowest BCUT2D eigenvalue weighted by molar-refractivity contribution is -0.139. The number of rotatable bonds is 9. The van der Waals surface area contributed by atoms with Gasteiger partial charge in [-0.3, -0.25) is 13.9 Å². The summed E-state index contributed by atoms with van der Waals surface area (Å²) < 4.78 is 25.9. The highest BCUT2D eigenvalue weighted by Gasteiger charge is 2.30. The van der Waals surface area contributed by atoms with Crippen LogP contribution in [0.4, 0.5) is 5.69 Å². The highest BCUT2D eigenvalue weighted by atomic mass is 35.5. The van der Waals surface area contributed by atoms with E-state index in [-0.39, 0.29) is 18.5 Å². The molecule has 0 spiro atoms. The minimum Gasteiger partial charge on any atom is -0.352 e. The summed E-state index contributed by atoms with van der Waals surface area (Å²) in [6.45, 7) is 4.90. The predicted octanol–water partition coefficient (Wildman–Crippen LogP) is 3.70. The molecule has 174 valence electrons. The molecule has 32 heavy (non-hydrogen) atoms. The Bertz CT molecular complexity index is 1040. The number of carbonyl (C=O) groups excluding carboxylic acids is 2. The summed E-state index contributed by atoms with van der Waals surface area (Å²) in [5.41, 5.74) is 1.06. The molecule has 0 heterocycles. The average Bonchev–Trinajstić information content (AvgIpc) is 2.70. The Morgan fingerprint density at radius 1 is 0.938 bits per heavy atom. The molecule has 1 unspecified atom stereocenters. The number of benzene rings is 2. The van der Waals surface area contributed by atoms with Gasteiger partial charge in [0.25, 0.3) is 0 Å². The molecule has 0 aliphatic heterocycles. The second-order valence-electron chi connectivity index (χ2n) is 7.73. The summed E-state index contributed by atoms with van der Waals surface area (Å²) in [6.07, 6.45) is 1.02. The first-order valence-corrected chi connectivity index (χ1v) is 12.6. The van der Waals surface area contributed by atoms with Crippen LogP contribution in [0.15, 0.2) is 48.5 Å². The van der Waals surface area contributed by atoms with E-state index < -0.39 is 28.5 Å². The van der Waals surface area contributed by atoms with Crippen molar-refractivity contribution in [3.8, 4) is 0 Å². The van der Waals surface area contributed by atoms with Crippen molar-refractivity contribution >= 4 is 50.7 Å². The van der Waals surface area contributed by atoms with E-state index in [0.29, 0.717) is 15.7 Å². The summed E-state index contributed by atoms with van der Waals surface area (Å²) in [7, 11) is -3.78. The molecule has 7 nitrogen and oxygen atoms in total. The number of hydrogen-bond acceptors (Lipinski definition) is 4. The second kappa shape index (κ2) is 11.0. The van der Waals surface area contributed by atoms with Gasteiger partial charge in [-0.15, -0.1) is 0 Å². The van der Waals surface area contributed by atoms with Gasteiger partial charge in [0.2, 0.25) is 21.8 Å². The monoisotopic (exact) mass is 499 g/mol. The van der Waals surface area contributed by atoms with E-state index >= 15 is 0 Å². The maximum Gasteiger partial charge on any atom is 0.244 e. The van der Waals surface area contributed by atoms with Gasteiger partial charge in [-0.2, -0.15) is 0 Å². The molecule has 1 atom stereocenters. The van der Waals surface area contributed by atoms with E-state index in [4.69, 9.17) is 23.2 Å². The topological polar surface area (TPSA) is 86.8 Å². The predicted molar refractivity (Wildman–Crippen MR) is 128 cm³/mol. The van der Waals surface area contributed by atoms with Gasteiger partial charge in [0.05, 0.1) is 11.9 Å². The first kappa shape index (κ1) is 26.0. The van der Waals surface area contributed by atoms with Crippen LogP contribution in [0.2, 0.25) is 10.0 Å². The summed E-state index contributed by atoms with van der Waals surface area (Å²) in [4.78, 5) is 27.3. The first-order valence-electron chi connectivity index (χ1n) is 9.96. The van der Waals surface area contributed by atoms with Crippen molar-refractivity contribution in [1.29, 1.82) is 0 Å². The quantitative estimate of drug-likeness (QED) is 0.569. The van der Waals surface area contributed by atoms with Gasteiger partial charge in [0.15, 0.2) is 0 Å². The lowest BCUT2D eigenvalue weighted by atomic mass is 10.1. The van der Waals surface area contributed by atoms with Crippen LogP contribution >= 0.6 is 23.2 Å². The number of hydrogen-bond donors (Lipinski definition) is 1. The molecular weight excluding hydrogens is 473 g/mol. The summed E-state index contributed by atoms with van der Waals surface area (Å²) in [6, 6.07) is 12.1. The number of amides is 2. The van der Waals surface area contributed by atoms with Crippen molar-refractivity contribution in [2.75, 3.05) is 17.1 Å². The molecule has 0 saturated heterocycles. The Labute approximate surface area is 199 Å². The molecule has 0 aliphatic rings. The maximum absolute atomic E-state index is 13.3. The fourth-order valence-electron chi connectivity index (χ4n) is 3.00. The Morgan fingerprint density at radius 2 is 1.44 bits per heavy atom. The molecule has 2 aromatic carbocycles. The van der Waals surface area contributed by atoms with Gasteiger partial charge in [-0.25, -0.2) is 8.42 Å². The van der Waals surface area contributed by atoms with Crippen LogP contribution in [0.25, 0.3) is 0 Å². The van der Waals surface area contributed by atoms with Crippen LogP contribution in [0.1, 0.15) is 26.3 Å². The molecule has 2 rings (SSSR count). The molecule has 10 heteroatoms. The van der Waals surface area contributed by atoms with E-state index in [1.165, 1.54) is 17.0 Å². The molecule has 1 N–H and O–H groups in total. The van der Waals surface area contributed by atoms with Gasteiger partial charge in [-0.1, -0.05) is 35.3 Å². The first-order chi connectivity index (χ1) is 14.9. The third-order valence-corrected chi connectivity index (χ3v) is 6.30. The largest absolute Gasteiger partial charge is 0.352 e. The van der Waals surface area contributed by atoms with Gasteiger partial charge < -0.3 is 10.2 Å². The number of carbonyl (C=O) groups is 2. The van der Waals surface area contributed by atoms with E-state index in [2.05, 4.69) is 5.32 Å². The van der Waals surface area contributed by atoms with Crippen LogP contribution < -0.4 is 9.62 Å². The number of halogens is 2. The highest BCUT2D eigenvalue weighted by molar-refractivity contribution is 7.92. The molecule has 0 bridgehead atoms. The lowest BCUT2D eigenvalue weighted by Gasteiger charge is -2.32. The highest BCUT2D eigenvalue weighted by Crippen LogP contribution is 2.21. The number of anilines is 1. The summed E-state index contributed by atoms with van der Waals surface area (Å²) in [5, 5.41) is 3.78. The zero-order valence-corrected chi connectivity index (χ0v) is 20.7. The minimum atomic E-state index is -3.78. The maximum atomic E-state index is 13.3. The molecule has 0 radical (unpaired) electrons. The van der Waals surface area contributed by atoms with Crippen LogP contribution in [0.3, 0.4) is 0 Å². The Hall–Kier alpha value is -2.29. The second-order valence-corrected chi connectivity index (χ2v) is 10.5. The van der Waals surface area contributed by atoms with Crippen molar-refractivity contribution in [2.45, 2.75) is 39.4 Å². The number of sulfonamides is 1.